The zero-order valence-corrected chi connectivity index (χ0v) is 15.4. The predicted molar refractivity (Wildman–Crippen MR) is 96.6 cm³/mol. The summed E-state index contributed by atoms with van der Waals surface area (Å²) in [5.74, 6) is 2.28. The maximum Gasteiger partial charge on any atom is 0.271 e. The molecule has 2 saturated heterocycles. The van der Waals surface area contributed by atoms with E-state index in [1.807, 2.05) is 4.90 Å². The largest absolute Gasteiger partial charge is 0.337 e. The number of nitrogens with zero attached hydrogens (tertiary/aromatic N) is 6. The zero-order chi connectivity index (χ0) is 17.9. The van der Waals surface area contributed by atoms with Crippen LogP contribution in [0.4, 0.5) is 0 Å². The lowest BCUT2D eigenvalue weighted by Crippen LogP contribution is -2.40. The Balaban J connectivity index is 1.44. The number of carbonyl (C=O) groups excluding carboxylic acids is 1. The number of hydrogen-bond acceptors (Lipinski definition) is 5. The SMILES string of the molecule is Cn1c(CN2CCCCC2)nnc1[C@@H]1CCCN(C(=O)c2ccn[nH]2)C1. The van der Waals surface area contributed by atoms with Gasteiger partial charge in [0, 0.05) is 32.3 Å². The summed E-state index contributed by atoms with van der Waals surface area (Å²) in [7, 11) is 2.06. The van der Waals surface area contributed by atoms with E-state index < -0.39 is 0 Å². The van der Waals surface area contributed by atoms with Gasteiger partial charge in [-0.05, 0) is 44.8 Å². The molecule has 0 radical (unpaired) electrons. The van der Waals surface area contributed by atoms with E-state index in [9.17, 15) is 4.79 Å². The van der Waals surface area contributed by atoms with Crippen molar-refractivity contribution in [2.24, 2.45) is 7.05 Å². The van der Waals surface area contributed by atoms with E-state index in [1.54, 1.807) is 12.3 Å². The van der Waals surface area contributed by atoms with Gasteiger partial charge in [0.2, 0.25) is 0 Å². The Labute approximate surface area is 153 Å². The minimum atomic E-state index is 0.0166. The summed E-state index contributed by atoms with van der Waals surface area (Å²) < 4.78 is 2.14. The van der Waals surface area contributed by atoms with Gasteiger partial charge < -0.3 is 9.47 Å². The van der Waals surface area contributed by atoms with Crippen LogP contribution < -0.4 is 0 Å². The molecular weight excluding hydrogens is 330 g/mol. The molecule has 1 atom stereocenters. The monoisotopic (exact) mass is 357 g/mol. The van der Waals surface area contributed by atoms with Gasteiger partial charge in [-0.1, -0.05) is 6.42 Å². The summed E-state index contributed by atoms with van der Waals surface area (Å²) in [5, 5.41) is 15.6. The number of H-pyrrole nitrogens is 1. The van der Waals surface area contributed by atoms with Gasteiger partial charge >= 0.3 is 0 Å². The maximum atomic E-state index is 12.6. The van der Waals surface area contributed by atoms with Crippen LogP contribution in [0.1, 0.15) is 60.2 Å². The summed E-state index contributed by atoms with van der Waals surface area (Å²) >= 11 is 0. The average molecular weight is 357 g/mol. The molecule has 0 bridgehead atoms. The van der Waals surface area contributed by atoms with Crippen molar-refractivity contribution < 1.29 is 4.79 Å². The van der Waals surface area contributed by atoms with E-state index in [0.29, 0.717) is 12.2 Å². The second-order valence-electron chi connectivity index (χ2n) is 7.43. The predicted octanol–water partition coefficient (Wildman–Crippen LogP) is 1.54. The number of rotatable bonds is 4. The molecule has 2 aliphatic rings. The molecule has 2 aliphatic heterocycles. The van der Waals surface area contributed by atoms with Crippen molar-refractivity contribution in [1.29, 1.82) is 0 Å². The Hall–Kier alpha value is -2.22. The van der Waals surface area contributed by atoms with E-state index in [4.69, 9.17) is 0 Å². The van der Waals surface area contributed by atoms with Crippen molar-refractivity contribution in [3.05, 3.63) is 29.6 Å². The van der Waals surface area contributed by atoms with Crippen LogP contribution in [0, 0.1) is 0 Å². The lowest BCUT2D eigenvalue weighted by Gasteiger charge is -2.32. The normalized spacial score (nSPS) is 21.9. The Bertz CT molecular complexity index is 733. The van der Waals surface area contributed by atoms with Crippen LogP contribution in [0.25, 0.3) is 0 Å². The second-order valence-corrected chi connectivity index (χ2v) is 7.43. The molecule has 4 heterocycles. The quantitative estimate of drug-likeness (QED) is 0.897. The van der Waals surface area contributed by atoms with Crippen LogP contribution >= 0.6 is 0 Å². The molecule has 140 valence electrons. The number of carbonyl (C=O) groups is 1. The van der Waals surface area contributed by atoms with Crippen LogP contribution in [-0.4, -0.2) is 66.8 Å². The molecule has 2 aromatic rings. The third-order valence-electron chi connectivity index (χ3n) is 5.62. The maximum absolute atomic E-state index is 12.6. The molecule has 8 nitrogen and oxygen atoms in total. The first-order valence-corrected chi connectivity index (χ1v) is 9.61. The summed E-state index contributed by atoms with van der Waals surface area (Å²) in [6.45, 7) is 4.64. The highest BCUT2D eigenvalue weighted by Gasteiger charge is 2.29. The van der Waals surface area contributed by atoms with Gasteiger partial charge in [-0.2, -0.15) is 5.10 Å². The number of nitrogens with one attached hydrogen (secondary N) is 1. The fourth-order valence-electron chi connectivity index (χ4n) is 4.10. The molecule has 26 heavy (non-hydrogen) atoms. The van der Waals surface area contributed by atoms with Crippen LogP contribution in [-0.2, 0) is 13.6 Å². The van der Waals surface area contributed by atoms with Crippen LogP contribution in [0.15, 0.2) is 12.3 Å². The lowest BCUT2D eigenvalue weighted by atomic mass is 9.97. The molecule has 2 fully saturated rings. The number of hydrogen-bond donors (Lipinski definition) is 1. The molecule has 1 amide bonds. The summed E-state index contributed by atoms with van der Waals surface area (Å²) in [4.78, 5) is 17.0. The molecule has 0 spiro atoms. The van der Waals surface area contributed by atoms with E-state index in [-0.39, 0.29) is 11.8 Å². The first-order valence-electron chi connectivity index (χ1n) is 9.61. The van der Waals surface area contributed by atoms with Crippen molar-refractivity contribution in [2.75, 3.05) is 26.2 Å². The smallest absolute Gasteiger partial charge is 0.271 e. The van der Waals surface area contributed by atoms with Crippen LogP contribution in [0.2, 0.25) is 0 Å². The number of amides is 1. The van der Waals surface area contributed by atoms with Crippen molar-refractivity contribution in [3.8, 4) is 0 Å². The fourth-order valence-corrected chi connectivity index (χ4v) is 4.10. The summed E-state index contributed by atoms with van der Waals surface area (Å²) in [6, 6.07) is 1.73. The van der Waals surface area contributed by atoms with Crippen molar-refractivity contribution in [1.82, 2.24) is 34.8 Å². The summed E-state index contributed by atoms with van der Waals surface area (Å²) in [6.07, 6.45) is 7.53. The molecule has 0 saturated carbocycles. The fraction of sp³-hybridized carbons (Fsp3) is 0.667. The van der Waals surface area contributed by atoms with E-state index in [0.717, 1.165) is 50.7 Å². The zero-order valence-electron chi connectivity index (χ0n) is 15.4. The molecule has 0 unspecified atom stereocenters. The molecule has 4 rings (SSSR count). The number of aromatic amines is 1. The first-order chi connectivity index (χ1) is 12.7. The standard InChI is InChI=1S/C18H27N7O/c1-23-16(13-24-9-3-2-4-10-24)21-22-17(23)14-6-5-11-25(12-14)18(26)15-7-8-19-20-15/h7-8,14H,2-6,9-13H2,1H3,(H,19,20)/t14-/m1/s1. The third-order valence-corrected chi connectivity index (χ3v) is 5.62. The molecule has 1 N–H and O–H groups in total. The van der Waals surface area contributed by atoms with Gasteiger partial charge in [0.05, 0.1) is 6.54 Å². The highest BCUT2D eigenvalue weighted by Crippen LogP contribution is 2.27. The minimum absolute atomic E-state index is 0.0166. The van der Waals surface area contributed by atoms with Crippen molar-refractivity contribution in [2.45, 2.75) is 44.6 Å². The Morgan fingerprint density at radius 1 is 1.19 bits per heavy atom. The molecule has 0 aliphatic carbocycles. The summed E-state index contributed by atoms with van der Waals surface area (Å²) in [5.41, 5.74) is 0.550. The van der Waals surface area contributed by atoms with E-state index in [1.165, 1.54) is 19.3 Å². The molecule has 8 heteroatoms. The first kappa shape index (κ1) is 17.2. The van der Waals surface area contributed by atoms with Crippen molar-refractivity contribution in [3.63, 3.8) is 0 Å². The molecule has 0 aromatic carbocycles. The highest BCUT2D eigenvalue weighted by atomic mass is 16.2. The van der Waals surface area contributed by atoms with Crippen LogP contribution in [0.3, 0.4) is 0 Å². The topological polar surface area (TPSA) is 82.9 Å². The number of piperidine rings is 2. The van der Waals surface area contributed by atoms with E-state index >= 15 is 0 Å². The molecular formula is C18H27N7O. The average Bonchev–Trinajstić information content (AvgIpc) is 3.33. The van der Waals surface area contributed by atoms with Gasteiger partial charge in [0.1, 0.15) is 17.3 Å². The van der Waals surface area contributed by atoms with Gasteiger partial charge in [0.25, 0.3) is 5.91 Å². The molecule has 2 aromatic heterocycles. The van der Waals surface area contributed by atoms with E-state index in [2.05, 4.69) is 36.9 Å². The minimum Gasteiger partial charge on any atom is -0.337 e. The third kappa shape index (κ3) is 3.51. The van der Waals surface area contributed by atoms with Crippen molar-refractivity contribution >= 4 is 5.91 Å². The number of likely N-dealkylation sites (tertiary alicyclic amines) is 2. The van der Waals surface area contributed by atoms with Gasteiger partial charge in [-0.15, -0.1) is 10.2 Å². The second kappa shape index (κ2) is 7.57. The lowest BCUT2D eigenvalue weighted by molar-refractivity contribution is 0.0697. The van der Waals surface area contributed by atoms with Gasteiger partial charge in [-0.3, -0.25) is 14.8 Å². The van der Waals surface area contributed by atoms with Gasteiger partial charge in [-0.25, -0.2) is 0 Å². The Morgan fingerprint density at radius 2 is 2.04 bits per heavy atom. The number of aromatic nitrogens is 5. The van der Waals surface area contributed by atoms with Gasteiger partial charge in [0.15, 0.2) is 0 Å². The Kier molecular flexibility index (Phi) is 5.01. The Morgan fingerprint density at radius 3 is 2.81 bits per heavy atom. The highest BCUT2D eigenvalue weighted by molar-refractivity contribution is 5.92. The van der Waals surface area contributed by atoms with Crippen LogP contribution in [0.5, 0.6) is 0 Å².